The van der Waals surface area contributed by atoms with E-state index in [9.17, 15) is 31.5 Å². The Balaban J connectivity index is 1.64. The van der Waals surface area contributed by atoms with Crippen LogP contribution in [0, 0.1) is 17.5 Å². The summed E-state index contributed by atoms with van der Waals surface area (Å²) in [6.45, 7) is 0. The first kappa shape index (κ1) is 22.1. The SMILES string of the molecule is O=C(Nc1cc(F)c(F)c(F)c1)c1ccc(Cl)c(S(=O)(=O)N2C3CCC2CC(O)C3)c1. The number of hydrogen-bond donors (Lipinski definition) is 2. The number of amides is 1. The molecule has 2 atom stereocenters. The highest BCUT2D eigenvalue weighted by Gasteiger charge is 2.47. The molecule has 2 N–H and O–H groups in total. The first-order valence-corrected chi connectivity index (χ1v) is 11.4. The van der Waals surface area contributed by atoms with E-state index in [1.165, 1.54) is 16.4 Å². The maximum Gasteiger partial charge on any atom is 0.255 e. The highest BCUT2D eigenvalue weighted by atomic mass is 35.5. The van der Waals surface area contributed by atoms with Gasteiger partial charge in [0.2, 0.25) is 10.0 Å². The van der Waals surface area contributed by atoms with Crippen LogP contribution in [0.3, 0.4) is 0 Å². The molecule has 2 aliphatic rings. The molecule has 2 aromatic rings. The Labute approximate surface area is 181 Å². The van der Waals surface area contributed by atoms with Crippen LogP contribution < -0.4 is 5.32 Å². The molecule has 0 spiro atoms. The molecule has 2 saturated heterocycles. The zero-order chi connectivity index (χ0) is 22.5. The van der Waals surface area contributed by atoms with Gasteiger partial charge in [-0.2, -0.15) is 4.31 Å². The second-order valence-electron chi connectivity index (χ2n) is 7.70. The van der Waals surface area contributed by atoms with Gasteiger partial charge in [0, 0.05) is 35.5 Å². The van der Waals surface area contributed by atoms with Crippen molar-refractivity contribution in [3.63, 3.8) is 0 Å². The molecule has 2 unspecified atom stereocenters. The summed E-state index contributed by atoms with van der Waals surface area (Å²) in [6.07, 6.45) is 1.35. The molecule has 166 valence electrons. The Kier molecular flexibility index (Phi) is 5.76. The van der Waals surface area contributed by atoms with Gasteiger partial charge in [-0.3, -0.25) is 4.79 Å². The third kappa shape index (κ3) is 4.05. The van der Waals surface area contributed by atoms with Gasteiger partial charge in [-0.25, -0.2) is 21.6 Å². The minimum atomic E-state index is -4.06. The lowest BCUT2D eigenvalue weighted by Crippen LogP contribution is -2.47. The highest BCUT2D eigenvalue weighted by molar-refractivity contribution is 7.89. The van der Waals surface area contributed by atoms with Gasteiger partial charge in [0.1, 0.15) is 4.90 Å². The Hall–Kier alpha value is -2.14. The number of anilines is 1. The van der Waals surface area contributed by atoms with Gasteiger partial charge in [0.15, 0.2) is 17.5 Å². The molecule has 0 aliphatic carbocycles. The number of hydrogen-bond acceptors (Lipinski definition) is 4. The largest absolute Gasteiger partial charge is 0.393 e. The van der Waals surface area contributed by atoms with Crippen LogP contribution in [0.1, 0.15) is 36.0 Å². The summed E-state index contributed by atoms with van der Waals surface area (Å²) in [7, 11) is -4.06. The van der Waals surface area contributed by atoms with Crippen LogP contribution in [0.2, 0.25) is 5.02 Å². The first-order chi connectivity index (χ1) is 14.6. The van der Waals surface area contributed by atoms with E-state index in [-0.39, 0.29) is 33.3 Å². The van der Waals surface area contributed by atoms with Crippen molar-refractivity contribution in [2.45, 2.75) is 48.8 Å². The lowest BCUT2D eigenvalue weighted by molar-refractivity contribution is 0.0768. The molecule has 1 amide bonds. The molecule has 2 aromatic carbocycles. The molecule has 0 aromatic heterocycles. The number of aliphatic hydroxyl groups is 1. The topological polar surface area (TPSA) is 86.7 Å². The number of carbonyl (C=O) groups excluding carboxylic acids is 1. The second kappa shape index (κ2) is 8.09. The van der Waals surface area contributed by atoms with Crippen molar-refractivity contribution in [3.8, 4) is 0 Å². The van der Waals surface area contributed by atoms with E-state index in [0.717, 1.165) is 6.07 Å². The van der Waals surface area contributed by atoms with Crippen molar-refractivity contribution in [1.29, 1.82) is 0 Å². The van der Waals surface area contributed by atoms with Crippen LogP contribution in [-0.2, 0) is 10.0 Å². The summed E-state index contributed by atoms with van der Waals surface area (Å²) < 4.78 is 67.9. The fourth-order valence-electron chi connectivity index (χ4n) is 4.28. The molecule has 2 fully saturated rings. The molecule has 31 heavy (non-hydrogen) atoms. The third-order valence-electron chi connectivity index (χ3n) is 5.63. The van der Waals surface area contributed by atoms with Crippen molar-refractivity contribution in [2.75, 3.05) is 5.32 Å². The maximum atomic E-state index is 13.4. The Morgan fingerprint density at radius 3 is 2.23 bits per heavy atom. The van der Waals surface area contributed by atoms with Crippen LogP contribution in [0.5, 0.6) is 0 Å². The maximum absolute atomic E-state index is 13.4. The van der Waals surface area contributed by atoms with Crippen LogP contribution in [0.4, 0.5) is 18.9 Å². The van der Waals surface area contributed by atoms with Crippen molar-refractivity contribution in [3.05, 3.63) is 58.4 Å². The average Bonchev–Trinajstić information content (AvgIpc) is 2.99. The molecule has 0 radical (unpaired) electrons. The standard InChI is InChI=1S/C20H18ClF3N2O4S/c21-15-4-1-10(20(28)25-11-6-16(22)19(24)17(23)7-11)5-18(15)31(29,30)26-12-2-3-13(26)9-14(27)8-12/h1,4-7,12-14,27H,2-3,8-9H2,(H,25,28). The lowest BCUT2D eigenvalue weighted by atomic mass is 10.0. The summed E-state index contributed by atoms with van der Waals surface area (Å²) in [5, 5.41) is 12.1. The van der Waals surface area contributed by atoms with Gasteiger partial charge in [-0.15, -0.1) is 0 Å². The van der Waals surface area contributed by atoms with E-state index in [2.05, 4.69) is 5.32 Å². The van der Waals surface area contributed by atoms with Gasteiger partial charge >= 0.3 is 0 Å². The van der Waals surface area contributed by atoms with Gasteiger partial charge in [0.05, 0.1) is 11.1 Å². The summed E-state index contributed by atoms with van der Waals surface area (Å²) in [5.41, 5.74) is -0.443. The third-order valence-corrected chi connectivity index (χ3v) is 8.12. The number of nitrogens with zero attached hydrogens (tertiary/aromatic N) is 1. The second-order valence-corrected chi connectivity index (χ2v) is 9.92. The number of fused-ring (bicyclic) bond motifs is 2. The average molecular weight is 475 g/mol. The predicted molar refractivity (Wildman–Crippen MR) is 107 cm³/mol. The number of nitrogens with one attached hydrogen (secondary N) is 1. The first-order valence-electron chi connectivity index (χ1n) is 9.55. The summed E-state index contributed by atoms with van der Waals surface area (Å²) in [4.78, 5) is 12.3. The fraction of sp³-hybridized carbons (Fsp3) is 0.350. The summed E-state index contributed by atoms with van der Waals surface area (Å²) >= 11 is 6.14. The fourth-order valence-corrected chi connectivity index (χ4v) is 6.68. The zero-order valence-corrected chi connectivity index (χ0v) is 17.6. The van der Waals surface area contributed by atoms with E-state index in [4.69, 9.17) is 11.6 Å². The Morgan fingerprint density at radius 2 is 1.65 bits per heavy atom. The Bertz CT molecular complexity index is 1120. The number of aliphatic hydroxyl groups excluding tert-OH is 1. The van der Waals surface area contributed by atoms with Crippen LogP contribution in [0.25, 0.3) is 0 Å². The van der Waals surface area contributed by atoms with Gasteiger partial charge in [0.25, 0.3) is 5.91 Å². The molecule has 2 bridgehead atoms. The van der Waals surface area contributed by atoms with Gasteiger partial charge < -0.3 is 10.4 Å². The number of sulfonamides is 1. The minimum absolute atomic E-state index is 0.0825. The molecular formula is C20H18ClF3N2O4S. The quantitative estimate of drug-likeness (QED) is 0.662. The summed E-state index contributed by atoms with van der Waals surface area (Å²) in [5.74, 6) is -5.47. The van der Waals surface area contributed by atoms with Crippen LogP contribution in [-0.4, -0.2) is 41.9 Å². The van der Waals surface area contributed by atoms with Crippen molar-refractivity contribution in [1.82, 2.24) is 4.31 Å². The van der Waals surface area contributed by atoms with Crippen molar-refractivity contribution < 1.29 is 31.5 Å². The molecule has 2 aliphatic heterocycles. The molecule has 4 rings (SSSR count). The number of carbonyl (C=O) groups is 1. The van der Waals surface area contributed by atoms with Gasteiger partial charge in [-0.05, 0) is 43.9 Å². The smallest absolute Gasteiger partial charge is 0.255 e. The Morgan fingerprint density at radius 1 is 1.06 bits per heavy atom. The highest BCUT2D eigenvalue weighted by Crippen LogP contribution is 2.41. The van der Waals surface area contributed by atoms with Crippen molar-refractivity contribution in [2.24, 2.45) is 0 Å². The number of piperidine rings is 1. The normalized spacial score (nSPS) is 23.7. The number of benzene rings is 2. The molecule has 2 heterocycles. The zero-order valence-electron chi connectivity index (χ0n) is 16.0. The lowest BCUT2D eigenvalue weighted by Gasteiger charge is -2.36. The molecular weight excluding hydrogens is 457 g/mol. The van der Waals surface area contributed by atoms with E-state index >= 15 is 0 Å². The van der Waals surface area contributed by atoms with Crippen LogP contribution >= 0.6 is 11.6 Å². The van der Waals surface area contributed by atoms with E-state index in [1.807, 2.05) is 0 Å². The summed E-state index contributed by atoms with van der Waals surface area (Å²) in [6, 6.07) is 4.13. The minimum Gasteiger partial charge on any atom is -0.393 e. The van der Waals surface area contributed by atoms with E-state index in [1.54, 1.807) is 0 Å². The monoisotopic (exact) mass is 474 g/mol. The van der Waals surface area contributed by atoms with E-state index < -0.39 is 39.5 Å². The molecule has 0 saturated carbocycles. The molecule has 11 heteroatoms. The number of halogens is 4. The van der Waals surface area contributed by atoms with Crippen molar-refractivity contribution >= 4 is 33.2 Å². The van der Waals surface area contributed by atoms with E-state index in [0.29, 0.717) is 37.8 Å². The molecule has 6 nitrogen and oxygen atoms in total. The predicted octanol–water partition coefficient (Wildman–Crippen LogP) is 3.69. The van der Waals surface area contributed by atoms with Crippen LogP contribution in [0.15, 0.2) is 35.2 Å². The number of rotatable bonds is 4. The van der Waals surface area contributed by atoms with Gasteiger partial charge in [-0.1, -0.05) is 11.6 Å².